The van der Waals surface area contributed by atoms with Gasteiger partial charge in [0.25, 0.3) is 0 Å². The summed E-state index contributed by atoms with van der Waals surface area (Å²) in [5, 5.41) is 2.97. The summed E-state index contributed by atoms with van der Waals surface area (Å²) < 4.78 is 40.0. The summed E-state index contributed by atoms with van der Waals surface area (Å²) in [5.74, 6) is 0.220. The number of halogens is 1. The molecular weight excluding hydrogens is 443 g/mol. The number of aromatic nitrogens is 1. The van der Waals surface area contributed by atoms with Crippen molar-refractivity contribution in [3.05, 3.63) is 54.0 Å². The van der Waals surface area contributed by atoms with Crippen LogP contribution in [-0.2, 0) is 21.4 Å². The Bertz CT molecular complexity index is 1030. The Labute approximate surface area is 195 Å². The summed E-state index contributed by atoms with van der Waals surface area (Å²) in [6.45, 7) is 3.02. The molecule has 33 heavy (non-hydrogen) atoms. The van der Waals surface area contributed by atoms with Gasteiger partial charge in [0.15, 0.2) is 0 Å². The van der Waals surface area contributed by atoms with Crippen LogP contribution in [-0.4, -0.2) is 49.8 Å². The average Bonchev–Trinajstić information content (AvgIpc) is 3.13. The van der Waals surface area contributed by atoms with E-state index in [0.717, 1.165) is 36.6 Å². The summed E-state index contributed by atoms with van der Waals surface area (Å²) in [6.07, 6.45) is 7.68. The number of hydrogen-bond acceptors (Lipinski definition) is 5. The smallest absolute Gasteiger partial charge is 0.243 e. The molecule has 2 fully saturated rings. The lowest BCUT2D eigenvalue weighted by Gasteiger charge is -2.30. The molecule has 0 unspecified atom stereocenters. The second kappa shape index (κ2) is 10.6. The Balaban J connectivity index is 1.26. The molecule has 1 aromatic heterocycles. The van der Waals surface area contributed by atoms with Crippen LogP contribution < -0.4 is 10.2 Å². The van der Waals surface area contributed by atoms with Gasteiger partial charge >= 0.3 is 0 Å². The van der Waals surface area contributed by atoms with Gasteiger partial charge in [-0.3, -0.25) is 4.79 Å². The zero-order valence-electron chi connectivity index (χ0n) is 18.7. The number of pyridine rings is 1. The maximum atomic E-state index is 13.1. The van der Waals surface area contributed by atoms with Crippen molar-refractivity contribution in [1.29, 1.82) is 0 Å². The van der Waals surface area contributed by atoms with Crippen LogP contribution in [0.3, 0.4) is 0 Å². The Kier molecular flexibility index (Phi) is 7.60. The SMILES string of the molecule is O=C(NCc1ccc(N2CCCCCC2)nc1)C1CCN(S(=O)(=O)c2ccc(F)cc2)CC1. The van der Waals surface area contributed by atoms with Crippen molar-refractivity contribution in [2.24, 2.45) is 5.92 Å². The fraction of sp³-hybridized carbons (Fsp3) is 0.500. The van der Waals surface area contributed by atoms with E-state index in [1.54, 1.807) is 0 Å². The number of sulfonamides is 1. The van der Waals surface area contributed by atoms with E-state index in [-0.39, 0.29) is 29.8 Å². The lowest BCUT2D eigenvalue weighted by atomic mass is 9.97. The van der Waals surface area contributed by atoms with Crippen molar-refractivity contribution in [3.63, 3.8) is 0 Å². The molecule has 2 aliphatic heterocycles. The molecule has 0 aliphatic carbocycles. The Morgan fingerprint density at radius 1 is 0.970 bits per heavy atom. The van der Waals surface area contributed by atoms with Crippen molar-refractivity contribution < 1.29 is 17.6 Å². The molecule has 2 saturated heterocycles. The number of carbonyl (C=O) groups excluding carboxylic acids is 1. The summed E-state index contributed by atoms with van der Waals surface area (Å²) in [7, 11) is -3.68. The summed E-state index contributed by atoms with van der Waals surface area (Å²) in [4.78, 5) is 19.6. The molecule has 0 atom stereocenters. The minimum Gasteiger partial charge on any atom is -0.357 e. The first-order valence-corrected chi connectivity index (χ1v) is 13.1. The second-order valence-electron chi connectivity index (χ2n) is 8.78. The maximum absolute atomic E-state index is 13.1. The molecule has 3 heterocycles. The second-order valence-corrected chi connectivity index (χ2v) is 10.7. The Morgan fingerprint density at radius 2 is 1.64 bits per heavy atom. The number of anilines is 1. The number of nitrogens with zero attached hydrogens (tertiary/aromatic N) is 3. The molecule has 4 rings (SSSR count). The van der Waals surface area contributed by atoms with Gasteiger partial charge in [-0.25, -0.2) is 17.8 Å². The minimum absolute atomic E-state index is 0.0644. The van der Waals surface area contributed by atoms with Crippen molar-refractivity contribution in [2.75, 3.05) is 31.1 Å². The van der Waals surface area contributed by atoms with E-state index in [0.29, 0.717) is 19.4 Å². The normalized spacial score (nSPS) is 18.6. The lowest BCUT2D eigenvalue weighted by Crippen LogP contribution is -2.42. The minimum atomic E-state index is -3.68. The first kappa shape index (κ1) is 23.6. The van der Waals surface area contributed by atoms with E-state index >= 15 is 0 Å². The van der Waals surface area contributed by atoms with Crippen LogP contribution in [0.1, 0.15) is 44.1 Å². The molecule has 0 radical (unpaired) electrons. The first-order valence-electron chi connectivity index (χ1n) is 11.7. The van der Waals surface area contributed by atoms with Gasteiger partial charge in [0.1, 0.15) is 11.6 Å². The predicted molar refractivity (Wildman–Crippen MR) is 125 cm³/mol. The lowest BCUT2D eigenvalue weighted by molar-refractivity contribution is -0.126. The molecule has 2 aromatic rings. The van der Waals surface area contributed by atoms with Crippen LogP contribution in [0.15, 0.2) is 47.5 Å². The van der Waals surface area contributed by atoms with Gasteiger partial charge in [-0.1, -0.05) is 18.9 Å². The highest BCUT2D eigenvalue weighted by Crippen LogP contribution is 2.24. The molecule has 0 bridgehead atoms. The number of benzene rings is 1. The number of amides is 1. The Hall–Kier alpha value is -2.52. The van der Waals surface area contributed by atoms with Gasteiger partial charge < -0.3 is 10.2 Å². The van der Waals surface area contributed by atoms with E-state index in [1.165, 1.54) is 42.1 Å². The Morgan fingerprint density at radius 3 is 2.24 bits per heavy atom. The van der Waals surface area contributed by atoms with Crippen LogP contribution in [0.5, 0.6) is 0 Å². The van der Waals surface area contributed by atoms with Crippen LogP contribution in [0.4, 0.5) is 10.2 Å². The summed E-state index contributed by atoms with van der Waals surface area (Å²) in [6, 6.07) is 8.85. The van der Waals surface area contributed by atoms with Gasteiger partial charge in [-0.15, -0.1) is 0 Å². The van der Waals surface area contributed by atoms with Gasteiger partial charge in [-0.05, 0) is 61.6 Å². The standard InChI is InChI=1S/C24H31FN4O3S/c25-21-6-8-22(9-7-21)33(31,32)29-15-11-20(12-16-29)24(30)27-18-19-5-10-23(26-17-19)28-13-3-1-2-4-14-28/h5-10,17,20H,1-4,11-16,18H2,(H,27,30). The summed E-state index contributed by atoms with van der Waals surface area (Å²) >= 11 is 0. The molecule has 2 aliphatic rings. The highest BCUT2D eigenvalue weighted by atomic mass is 32.2. The third kappa shape index (κ3) is 5.89. The van der Waals surface area contributed by atoms with Crippen LogP contribution >= 0.6 is 0 Å². The van der Waals surface area contributed by atoms with E-state index in [2.05, 4.69) is 15.2 Å². The van der Waals surface area contributed by atoms with Gasteiger partial charge in [-0.2, -0.15) is 4.31 Å². The van der Waals surface area contributed by atoms with Crippen LogP contribution in [0, 0.1) is 11.7 Å². The summed E-state index contributed by atoms with van der Waals surface area (Å²) in [5.41, 5.74) is 0.943. The fourth-order valence-electron chi connectivity index (χ4n) is 4.46. The average molecular weight is 475 g/mol. The highest BCUT2D eigenvalue weighted by Gasteiger charge is 2.32. The number of rotatable bonds is 6. The van der Waals surface area contributed by atoms with E-state index in [4.69, 9.17) is 0 Å². The van der Waals surface area contributed by atoms with Crippen molar-refractivity contribution in [2.45, 2.75) is 50.0 Å². The monoisotopic (exact) mass is 474 g/mol. The number of piperidine rings is 1. The van der Waals surface area contributed by atoms with Gasteiger partial charge in [0, 0.05) is 44.8 Å². The molecule has 1 amide bonds. The highest BCUT2D eigenvalue weighted by molar-refractivity contribution is 7.89. The van der Waals surface area contributed by atoms with Crippen molar-refractivity contribution >= 4 is 21.7 Å². The molecule has 1 aromatic carbocycles. The van der Waals surface area contributed by atoms with Crippen LogP contribution in [0.2, 0.25) is 0 Å². The predicted octanol–water partition coefficient (Wildman–Crippen LogP) is 3.32. The van der Waals surface area contributed by atoms with E-state index < -0.39 is 15.8 Å². The molecule has 7 nitrogen and oxygen atoms in total. The fourth-order valence-corrected chi connectivity index (χ4v) is 5.93. The quantitative estimate of drug-likeness (QED) is 0.695. The molecule has 9 heteroatoms. The number of nitrogens with one attached hydrogen (secondary N) is 1. The first-order chi connectivity index (χ1) is 15.9. The zero-order valence-corrected chi connectivity index (χ0v) is 19.6. The van der Waals surface area contributed by atoms with Crippen LogP contribution in [0.25, 0.3) is 0 Å². The molecular formula is C24H31FN4O3S. The molecule has 0 spiro atoms. The number of carbonyl (C=O) groups is 1. The third-order valence-electron chi connectivity index (χ3n) is 6.48. The van der Waals surface area contributed by atoms with Crippen molar-refractivity contribution in [3.8, 4) is 0 Å². The zero-order chi connectivity index (χ0) is 23.3. The maximum Gasteiger partial charge on any atom is 0.243 e. The molecule has 178 valence electrons. The largest absolute Gasteiger partial charge is 0.357 e. The van der Waals surface area contributed by atoms with Crippen molar-refractivity contribution in [1.82, 2.24) is 14.6 Å². The van der Waals surface area contributed by atoms with E-state index in [9.17, 15) is 17.6 Å². The van der Waals surface area contributed by atoms with Gasteiger partial charge in [0.05, 0.1) is 4.90 Å². The van der Waals surface area contributed by atoms with E-state index in [1.807, 2.05) is 18.3 Å². The van der Waals surface area contributed by atoms with Gasteiger partial charge in [0.2, 0.25) is 15.9 Å². The topological polar surface area (TPSA) is 82.6 Å². The molecule has 0 saturated carbocycles. The number of hydrogen-bond donors (Lipinski definition) is 1. The molecule has 1 N–H and O–H groups in total. The third-order valence-corrected chi connectivity index (χ3v) is 8.39.